The van der Waals surface area contributed by atoms with Gasteiger partial charge in [0.2, 0.25) is 0 Å². The van der Waals surface area contributed by atoms with Crippen molar-refractivity contribution in [3.8, 4) is 0 Å². The minimum atomic E-state index is -0.804. The van der Waals surface area contributed by atoms with Crippen molar-refractivity contribution < 1.29 is 19.0 Å². The number of methoxy groups -OCH3 is 1. The van der Waals surface area contributed by atoms with Crippen molar-refractivity contribution in [1.82, 2.24) is 0 Å². The molecule has 2 rings (SSSR count). The Kier molecular flexibility index (Phi) is 5.19. The third kappa shape index (κ3) is 3.46. The minimum absolute atomic E-state index is 0.171. The van der Waals surface area contributed by atoms with Crippen LogP contribution in [0.1, 0.15) is 38.5 Å². The average Bonchev–Trinajstić information content (AvgIpc) is 3.04. The monoisotopic (exact) mass is 271 g/mol. The van der Waals surface area contributed by atoms with Crippen LogP contribution in [0.15, 0.2) is 0 Å². The average molecular weight is 271 g/mol. The standard InChI is InChI=1S/C14H25NO4/c1-17-13(16)14(15)7-2-4-11(14)6-9-18-10-12-5-3-8-19-12/h11-12H,2-10,15H2,1H3. The van der Waals surface area contributed by atoms with Crippen LogP contribution in [0, 0.1) is 5.92 Å². The maximum Gasteiger partial charge on any atom is 0.326 e. The minimum Gasteiger partial charge on any atom is -0.468 e. The highest BCUT2D eigenvalue weighted by Gasteiger charge is 2.46. The molecular formula is C14H25NO4. The second kappa shape index (κ2) is 6.68. The Morgan fingerprint density at radius 2 is 2.26 bits per heavy atom. The van der Waals surface area contributed by atoms with Gasteiger partial charge in [0.15, 0.2) is 0 Å². The van der Waals surface area contributed by atoms with Crippen LogP contribution in [0.25, 0.3) is 0 Å². The Morgan fingerprint density at radius 3 is 2.95 bits per heavy atom. The molecule has 3 unspecified atom stereocenters. The summed E-state index contributed by atoms with van der Waals surface area (Å²) < 4.78 is 16.0. The molecule has 5 nitrogen and oxygen atoms in total. The Labute approximate surface area is 114 Å². The Morgan fingerprint density at radius 1 is 1.42 bits per heavy atom. The molecule has 2 N–H and O–H groups in total. The zero-order valence-electron chi connectivity index (χ0n) is 11.7. The molecule has 0 aromatic carbocycles. The van der Waals surface area contributed by atoms with Crippen molar-refractivity contribution in [2.75, 3.05) is 26.9 Å². The predicted molar refractivity (Wildman–Crippen MR) is 70.7 cm³/mol. The van der Waals surface area contributed by atoms with Crippen molar-refractivity contribution in [2.24, 2.45) is 11.7 Å². The van der Waals surface area contributed by atoms with Crippen LogP contribution in [-0.4, -0.2) is 44.5 Å². The summed E-state index contributed by atoms with van der Waals surface area (Å²) in [5.74, 6) is -0.112. The lowest BCUT2D eigenvalue weighted by atomic mass is 9.86. The van der Waals surface area contributed by atoms with E-state index in [4.69, 9.17) is 19.9 Å². The first-order valence-electron chi connectivity index (χ1n) is 7.23. The summed E-state index contributed by atoms with van der Waals surface area (Å²) in [6.07, 6.45) is 5.98. The van der Waals surface area contributed by atoms with Gasteiger partial charge in [0.1, 0.15) is 5.54 Å². The van der Waals surface area contributed by atoms with Gasteiger partial charge in [-0.05, 0) is 38.0 Å². The number of nitrogens with two attached hydrogens (primary N) is 1. The maximum absolute atomic E-state index is 11.8. The van der Waals surface area contributed by atoms with Crippen LogP contribution >= 0.6 is 0 Å². The Balaban J connectivity index is 1.70. The van der Waals surface area contributed by atoms with Crippen LogP contribution < -0.4 is 5.73 Å². The van der Waals surface area contributed by atoms with E-state index in [-0.39, 0.29) is 18.0 Å². The summed E-state index contributed by atoms with van der Waals surface area (Å²) in [6.45, 7) is 2.15. The Bertz CT molecular complexity index is 304. The molecule has 0 amide bonds. The lowest BCUT2D eigenvalue weighted by Gasteiger charge is -2.28. The van der Waals surface area contributed by atoms with Gasteiger partial charge in [0, 0.05) is 13.2 Å². The number of carbonyl (C=O) groups is 1. The number of hydrogen-bond acceptors (Lipinski definition) is 5. The van der Waals surface area contributed by atoms with Gasteiger partial charge in [0.05, 0.1) is 19.8 Å². The molecule has 2 fully saturated rings. The first-order chi connectivity index (χ1) is 9.16. The quantitative estimate of drug-likeness (QED) is 0.581. The SMILES string of the molecule is COC(=O)C1(N)CCCC1CCOCC1CCCO1. The van der Waals surface area contributed by atoms with E-state index in [9.17, 15) is 4.79 Å². The number of carbonyl (C=O) groups excluding carboxylic acids is 1. The van der Waals surface area contributed by atoms with Crippen LogP contribution in [0.4, 0.5) is 0 Å². The summed E-state index contributed by atoms with van der Waals surface area (Å²) in [5.41, 5.74) is 5.40. The van der Waals surface area contributed by atoms with Crippen LogP contribution in [-0.2, 0) is 19.0 Å². The predicted octanol–water partition coefficient (Wildman–Crippen LogP) is 1.24. The molecular weight excluding hydrogens is 246 g/mol. The summed E-state index contributed by atoms with van der Waals surface area (Å²) in [4.78, 5) is 11.8. The van der Waals surface area contributed by atoms with Crippen molar-refractivity contribution in [3.05, 3.63) is 0 Å². The van der Waals surface area contributed by atoms with Gasteiger partial charge in [-0.15, -0.1) is 0 Å². The third-order valence-corrected chi connectivity index (χ3v) is 4.38. The van der Waals surface area contributed by atoms with Crippen molar-refractivity contribution in [1.29, 1.82) is 0 Å². The number of ether oxygens (including phenoxy) is 3. The largest absolute Gasteiger partial charge is 0.468 e. The molecule has 1 aliphatic carbocycles. The molecule has 1 saturated heterocycles. The van der Waals surface area contributed by atoms with Gasteiger partial charge in [0.25, 0.3) is 0 Å². The van der Waals surface area contributed by atoms with Crippen molar-refractivity contribution in [3.63, 3.8) is 0 Å². The molecule has 0 aromatic rings. The first-order valence-corrected chi connectivity index (χ1v) is 7.23. The van der Waals surface area contributed by atoms with Crippen molar-refractivity contribution in [2.45, 2.75) is 50.2 Å². The molecule has 0 radical (unpaired) electrons. The maximum atomic E-state index is 11.8. The van der Waals surface area contributed by atoms with Crippen LogP contribution in [0.5, 0.6) is 0 Å². The molecule has 2 aliphatic rings. The molecule has 3 atom stereocenters. The summed E-state index contributed by atoms with van der Waals surface area (Å²) in [6, 6.07) is 0. The normalized spacial score (nSPS) is 34.6. The topological polar surface area (TPSA) is 70.8 Å². The number of rotatable bonds is 6. The Hall–Kier alpha value is -0.650. The second-order valence-electron chi connectivity index (χ2n) is 5.62. The van der Waals surface area contributed by atoms with Gasteiger partial charge in [-0.2, -0.15) is 0 Å². The molecule has 5 heteroatoms. The second-order valence-corrected chi connectivity index (χ2v) is 5.62. The molecule has 1 heterocycles. The zero-order valence-corrected chi connectivity index (χ0v) is 11.7. The van der Waals surface area contributed by atoms with E-state index in [2.05, 4.69) is 0 Å². The van der Waals surface area contributed by atoms with E-state index >= 15 is 0 Å². The summed E-state index contributed by atoms with van der Waals surface area (Å²) >= 11 is 0. The van der Waals surface area contributed by atoms with Gasteiger partial charge >= 0.3 is 5.97 Å². The zero-order chi connectivity index (χ0) is 13.7. The van der Waals surface area contributed by atoms with E-state index < -0.39 is 5.54 Å². The fourth-order valence-corrected chi connectivity index (χ4v) is 3.18. The first kappa shape index (κ1) is 14.8. The van der Waals surface area contributed by atoms with Gasteiger partial charge in [-0.1, -0.05) is 6.42 Å². The fraction of sp³-hybridized carbons (Fsp3) is 0.929. The number of hydrogen-bond donors (Lipinski definition) is 1. The lowest BCUT2D eigenvalue weighted by molar-refractivity contribution is -0.148. The lowest BCUT2D eigenvalue weighted by Crippen LogP contribution is -2.51. The smallest absolute Gasteiger partial charge is 0.326 e. The molecule has 110 valence electrons. The van der Waals surface area contributed by atoms with E-state index in [1.54, 1.807) is 0 Å². The van der Waals surface area contributed by atoms with E-state index in [1.165, 1.54) is 7.11 Å². The molecule has 1 saturated carbocycles. The number of esters is 1. The molecule has 1 aliphatic heterocycles. The van der Waals surface area contributed by atoms with Gasteiger partial charge in [-0.3, -0.25) is 4.79 Å². The highest BCUT2D eigenvalue weighted by molar-refractivity contribution is 5.81. The molecule has 0 aromatic heterocycles. The molecule has 0 bridgehead atoms. The highest BCUT2D eigenvalue weighted by atomic mass is 16.5. The summed E-state index contributed by atoms with van der Waals surface area (Å²) in [7, 11) is 1.40. The molecule has 0 spiro atoms. The molecule has 19 heavy (non-hydrogen) atoms. The van der Waals surface area contributed by atoms with Crippen LogP contribution in [0.3, 0.4) is 0 Å². The van der Waals surface area contributed by atoms with Crippen molar-refractivity contribution >= 4 is 5.97 Å². The van der Waals surface area contributed by atoms with Gasteiger partial charge in [-0.25, -0.2) is 0 Å². The highest BCUT2D eigenvalue weighted by Crippen LogP contribution is 2.36. The third-order valence-electron chi connectivity index (χ3n) is 4.38. The van der Waals surface area contributed by atoms with E-state index in [0.29, 0.717) is 13.2 Å². The van der Waals surface area contributed by atoms with E-state index in [1.807, 2.05) is 0 Å². The summed E-state index contributed by atoms with van der Waals surface area (Å²) in [5, 5.41) is 0. The van der Waals surface area contributed by atoms with Crippen LogP contribution in [0.2, 0.25) is 0 Å². The van der Waals surface area contributed by atoms with E-state index in [0.717, 1.165) is 45.1 Å². The fourth-order valence-electron chi connectivity index (χ4n) is 3.18. The van der Waals surface area contributed by atoms with Gasteiger partial charge < -0.3 is 19.9 Å².